The Labute approximate surface area is 190 Å². The summed E-state index contributed by atoms with van der Waals surface area (Å²) in [6, 6.07) is 12.0. The Morgan fingerprint density at radius 2 is 1.79 bits per heavy atom. The number of benzene rings is 1. The lowest BCUT2D eigenvalue weighted by atomic mass is 9.91. The molecule has 0 radical (unpaired) electrons. The maximum atomic E-state index is 6.10. The van der Waals surface area contributed by atoms with Gasteiger partial charge in [0.15, 0.2) is 11.5 Å². The van der Waals surface area contributed by atoms with Crippen molar-refractivity contribution in [1.82, 2.24) is 34.5 Å². The van der Waals surface area contributed by atoms with Crippen LogP contribution >= 0.6 is 0 Å². The van der Waals surface area contributed by atoms with Gasteiger partial charge >= 0.3 is 0 Å². The minimum Gasteiger partial charge on any atom is -0.457 e. The number of pyridine rings is 1. The van der Waals surface area contributed by atoms with Gasteiger partial charge in [0.2, 0.25) is 0 Å². The van der Waals surface area contributed by atoms with E-state index in [9.17, 15) is 0 Å². The van der Waals surface area contributed by atoms with E-state index in [2.05, 4.69) is 42.9 Å². The number of ether oxygens (including phenoxy) is 1. The molecule has 1 saturated heterocycles. The van der Waals surface area contributed by atoms with Gasteiger partial charge < -0.3 is 15.4 Å². The van der Waals surface area contributed by atoms with Gasteiger partial charge in [-0.2, -0.15) is 10.2 Å². The fourth-order valence-electron chi connectivity index (χ4n) is 4.50. The Morgan fingerprint density at radius 3 is 2.67 bits per heavy atom. The molecule has 1 aliphatic rings. The van der Waals surface area contributed by atoms with Gasteiger partial charge in [-0.1, -0.05) is 0 Å². The Balaban J connectivity index is 1.27. The second-order valence-electron chi connectivity index (χ2n) is 8.33. The van der Waals surface area contributed by atoms with E-state index in [4.69, 9.17) is 4.74 Å². The van der Waals surface area contributed by atoms with E-state index in [-0.39, 0.29) is 0 Å². The zero-order valence-corrected chi connectivity index (χ0v) is 18.3. The van der Waals surface area contributed by atoms with Crippen LogP contribution in [0.5, 0.6) is 11.5 Å². The smallest absolute Gasteiger partial charge is 0.158 e. The highest BCUT2D eigenvalue weighted by molar-refractivity contribution is 5.77. The van der Waals surface area contributed by atoms with E-state index in [1.54, 1.807) is 10.8 Å². The zero-order chi connectivity index (χ0) is 22.2. The first kappa shape index (κ1) is 19.7. The highest BCUT2D eigenvalue weighted by atomic mass is 16.5. The second-order valence-corrected chi connectivity index (χ2v) is 8.33. The summed E-state index contributed by atoms with van der Waals surface area (Å²) >= 11 is 0. The van der Waals surface area contributed by atoms with Crippen LogP contribution in [0.4, 0.5) is 11.5 Å². The average Bonchev–Trinajstić information content (AvgIpc) is 3.49. The fourth-order valence-corrected chi connectivity index (χ4v) is 4.50. The van der Waals surface area contributed by atoms with Gasteiger partial charge in [-0.05, 0) is 80.2 Å². The lowest BCUT2D eigenvalue weighted by molar-refractivity contribution is 0.462. The van der Waals surface area contributed by atoms with E-state index in [0.29, 0.717) is 5.92 Å². The van der Waals surface area contributed by atoms with Gasteiger partial charge in [-0.3, -0.25) is 0 Å². The molecule has 1 fully saturated rings. The number of anilines is 2. The molecule has 0 aliphatic carbocycles. The number of hydrogen-bond acceptors (Lipinski definition) is 7. The minimum atomic E-state index is 0.517. The van der Waals surface area contributed by atoms with Crippen molar-refractivity contribution in [3.63, 3.8) is 0 Å². The summed E-state index contributed by atoms with van der Waals surface area (Å²) < 4.78 is 9.72. The van der Waals surface area contributed by atoms with Crippen LogP contribution in [0.1, 0.15) is 29.9 Å². The maximum absolute atomic E-state index is 6.10. The number of fused-ring (bicyclic) bond motifs is 2. The normalized spacial score (nSPS) is 14.7. The first-order valence-electron chi connectivity index (χ1n) is 11.1. The van der Waals surface area contributed by atoms with Crippen LogP contribution in [-0.2, 0) is 0 Å². The predicted molar refractivity (Wildman–Crippen MR) is 125 cm³/mol. The summed E-state index contributed by atoms with van der Waals surface area (Å²) in [6.45, 7) is 4.12. The SMILES string of the molecule is Cc1cc(Nc2ncnn3ccc(C4CCNCC4)c23)ccc1Oc1ccn2ncnc2c1. The topological polar surface area (TPSA) is 93.7 Å². The Bertz CT molecular complexity index is 1430. The number of nitrogens with zero attached hydrogens (tertiary/aromatic N) is 6. The predicted octanol–water partition coefficient (Wildman–Crippen LogP) is 4.08. The zero-order valence-electron chi connectivity index (χ0n) is 18.3. The quantitative estimate of drug-likeness (QED) is 0.425. The first-order valence-corrected chi connectivity index (χ1v) is 11.1. The van der Waals surface area contributed by atoms with Gasteiger partial charge in [0.1, 0.15) is 29.7 Å². The third kappa shape index (κ3) is 3.76. The van der Waals surface area contributed by atoms with E-state index < -0.39 is 0 Å². The van der Waals surface area contributed by atoms with Gasteiger partial charge in [0, 0.05) is 24.1 Å². The molecule has 0 unspecified atom stereocenters. The van der Waals surface area contributed by atoms with Crippen LogP contribution in [0.15, 0.2) is 61.4 Å². The molecular formula is C24H24N8O. The molecule has 166 valence electrons. The number of aryl methyl sites for hydroxylation is 1. The van der Waals surface area contributed by atoms with E-state index >= 15 is 0 Å². The molecule has 0 atom stereocenters. The van der Waals surface area contributed by atoms with Gasteiger partial charge in [0.25, 0.3) is 0 Å². The monoisotopic (exact) mass is 440 g/mol. The molecule has 33 heavy (non-hydrogen) atoms. The lowest BCUT2D eigenvalue weighted by Crippen LogP contribution is -2.26. The van der Waals surface area contributed by atoms with Crippen molar-refractivity contribution in [1.29, 1.82) is 0 Å². The van der Waals surface area contributed by atoms with Gasteiger partial charge in [-0.15, -0.1) is 0 Å². The van der Waals surface area contributed by atoms with Crippen molar-refractivity contribution < 1.29 is 4.74 Å². The van der Waals surface area contributed by atoms with Crippen LogP contribution in [-0.4, -0.2) is 42.3 Å². The molecule has 6 rings (SSSR count). The molecule has 9 nitrogen and oxygen atoms in total. The first-order chi connectivity index (χ1) is 16.2. The van der Waals surface area contributed by atoms with Crippen LogP contribution in [0, 0.1) is 6.92 Å². The number of rotatable bonds is 5. The van der Waals surface area contributed by atoms with Crippen molar-refractivity contribution in [2.24, 2.45) is 0 Å². The summed E-state index contributed by atoms with van der Waals surface area (Å²) in [6.07, 6.45) is 9.22. The summed E-state index contributed by atoms with van der Waals surface area (Å²) in [5.41, 5.74) is 5.06. The van der Waals surface area contributed by atoms with Gasteiger partial charge in [-0.25, -0.2) is 19.0 Å². The molecule has 0 spiro atoms. The molecule has 0 bridgehead atoms. The van der Waals surface area contributed by atoms with Crippen LogP contribution in [0.2, 0.25) is 0 Å². The highest BCUT2D eigenvalue weighted by Crippen LogP contribution is 2.34. The van der Waals surface area contributed by atoms with Crippen molar-refractivity contribution in [3.8, 4) is 11.5 Å². The lowest BCUT2D eigenvalue weighted by Gasteiger charge is -2.22. The Hall–Kier alpha value is -3.98. The second kappa shape index (κ2) is 8.18. The third-order valence-electron chi connectivity index (χ3n) is 6.18. The average molecular weight is 441 g/mol. The molecule has 2 N–H and O–H groups in total. The number of nitrogens with one attached hydrogen (secondary N) is 2. The number of aromatic nitrogens is 6. The van der Waals surface area contributed by atoms with Crippen molar-refractivity contribution >= 4 is 22.7 Å². The van der Waals surface area contributed by atoms with E-state index in [0.717, 1.165) is 65.7 Å². The maximum Gasteiger partial charge on any atom is 0.158 e. The van der Waals surface area contributed by atoms with E-state index in [1.807, 2.05) is 48.1 Å². The van der Waals surface area contributed by atoms with Crippen molar-refractivity contribution in [3.05, 3.63) is 72.6 Å². The number of hydrogen-bond donors (Lipinski definition) is 2. The van der Waals surface area contributed by atoms with Gasteiger partial charge in [0.05, 0.1) is 0 Å². The standard InChI is InChI=1S/C24H24N8O/c1-16-12-18(2-3-21(16)33-19-6-10-31-22(13-19)26-14-28-31)30-24-23-20(17-4-8-25-9-5-17)7-11-32(23)29-15-27-24/h2-3,6-7,10-15,17,25H,4-5,8-9H2,1H3,(H,27,29,30). The molecular weight excluding hydrogens is 416 g/mol. The summed E-state index contributed by atoms with van der Waals surface area (Å²) in [5, 5.41) is 15.5. The molecule has 1 aromatic carbocycles. The third-order valence-corrected chi connectivity index (χ3v) is 6.18. The minimum absolute atomic E-state index is 0.517. The molecule has 5 aromatic rings. The summed E-state index contributed by atoms with van der Waals surface area (Å²) in [7, 11) is 0. The molecule has 1 aliphatic heterocycles. The number of piperidine rings is 1. The van der Waals surface area contributed by atoms with Crippen molar-refractivity contribution in [2.75, 3.05) is 18.4 Å². The van der Waals surface area contributed by atoms with Crippen LogP contribution in [0.3, 0.4) is 0 Å². The summed E-state index contributed by atoms with van der Waals surface area (Å²) in [4.78, 5) is 8.78. The van der Waals surface area contributed by atoms with E-state index in [1.165, 1.54) is 11.9 Å². The molecule has 0 saturated carbocycles. The Kier molecular flexibility index (Phi) is 4.88. The highest BCUT2D eigenvalue weighted by Gasteiger charge is 2.21. The fraction of sp³-hybridized carbons (Fsp3) is 0.250. The largest absolute Gasteiger partial charge is 0.457 e. The Morgan fingerprint density at radius 1 is 0.970 bits per heavy atom. The molecule has 0 amide bonds. The van der Waals surface area contributed by atoms with Crippen LogP contribution < -0.4 is 15.4 Å². The molecule has 4 aromatic heterocycles. The summed E-state index contributed by atoms with van der Waals surface area (Å²) in [5.74, 6) is 2.84. The molecule has 9 heteroatoms. The molecule has 5 heterocycles. The van der Waals surface area contributed by atoms with Crippen LogP contribution in [0.25, 0.3) is 11.2 Å². The van der Waals surface area contributed by atoms with Crippen molar-refractivity contribution in [2.45, 2.75) is 25.7 Å².